The van der Waals surface area contributed by atoms with Crippen LogP contribution < -0.4 is 10.2 Å². The molecule has 9 heteroatoms. The zero-order valence-corrected chi connectivity index (χ0v) is 23.3. The molecule has 2 aromatic carbocycles. The monoisotopic (exact) mass is 558 g/mol. The van der Waals surface area contributed by atoms with Crippen LogP contribution in [-0.4, -0.2) is 72.7 Å². The topological polar surface area (TPSA) is 55.9 Å². The van der Waals surface area contributed by atoms with E-state index in [-0.39, 0.29) is 34.7 Å². The Morgan fingerprint density at radius 2 is 1.87 bits per heavy atom. The normalized spacial score (nSPS) is 19.4. The third kappa shape index (κ3) is 6.53. The number of amides is 2. The van der Waals surface area contributed by atoms with Gasteiger partial charge in [-0.1, -0.05) is 24.1 Å². The number of carbonyl (C=O) groups excluding carboxylic acids is 2. The van der Waals surface area contributed by atoms with E-state index in [1.54, 1.807) is 24.3 Å². The van der Waals surface area contributed by atoms with Gasteiger partial charge < -0.3 is 20.0 Å². The van der Waals surface area contributed by atoms with Crippen molar-refractivity contribution in [2.24, 2.45) is 0 Å². The quantitative estimate of drug-likeness (QED) is 0.452. The fourth-order valence-electron chi connectivity index (χ4n) is 5.76. The lowest BCUT2D eigenvalue weighted by Crippen LogP contribution is -2.47. The van der Waals surface area contributed by atoms with E-state index in [1.807, 2.05) is 6.07 Å². The molecule has 0 spiro atoms. The minimum Gasteiger partial charge on any atom is -0.352 e. The number of nitrogens with zero attached hydrogens (tertiary/aromatic N) is 3. The summed E-state index contributed by atoms with van der Waals surface area (Å²) in [6, 6.07) is 10.6. The second kappa shape index (κ2) is 12.8. The van der Waals surface area contributed by atoms with E-state index in [4.69, 9.17) is 11.6 Å². The molecule has 3 aliphatic heterocycles. The molecular weight excluding hydrogens is 523 g/mol. The highest BCUT2D eigenvalue weighted by Gasteiger charge is 2.28. The fraction of sp³-hybridized carbons (Fsp3) is 0.517. The summed E-state index contributed by atoms with van der Waals surface area (Å²) >= 11 is 7.65. The molecule has 38 heavy (non-hydrogen) atoms. The number of anilines is 1. The molecule has 5 rings (SSSR count). The predicted molar refractivity (Wildman–Crippen MR) is 152 cm³/mol. The number of piperidine rings is 2. The van der Waals surface area contributed by atoms with Gasteiger partial charge in [0.2, 0.25) is 5.91 Å². The molecule has 2 amide bonds. The second-order valence-corrected chi connectivity index (χ2v) is 11.9. The number of benzene rings is 2. The molecule has 204 valence electrons. The molecule has 2 aromatic rings. The number of carbonyl (C=O) groups is 2. The van der Waals surface area contributed by atoms with Crippen LogP contribution in [-0.2, 0) is 11.3 Å². The van der Waals surface area contributed by atoms with E-state index in [0.29, 0.717) is 17.8 Å². The van der Waals surface area contributed by atoms with Crippen LogP contribution in [0.4, 0.5) is 10.1 Å². The number of rotatable bonds is 8. The Balaban J connectivity index is 1.13. The summed E-state index contributed by atoms with van der Waals surface area (Å²) in [5.74, 6) is -0.485. The van der Waals surface area contributed by atoms with E-state index in [2.05, 4.69) is 15.1 Å². The molecule has 0 radical (unpaired) electrons. The SMILES string of the molecule is O=C(NCCCN1CCC(N2CCCCC2)CC1)c1ccc2c(c1)N(Cc1c(F)cccc1Cl)C(=O)CS2. The molecule has 0 aromatic heterocycles. The van der Waals surface area contributed by atoms with Crippen LogP contribution >= 0.6 is 23.4 Å². The number of halogens is 2. The van der Waals surface area contributed by atoms with Gasteiger partial charge in [0.15, 0.2) is 0 Å². The molecule has 0 bridgehead atoms. The molecule has 6 nitrogen and oxygen atoms in total. The van der Waals surface area contributed by atoms with Crippen LogP contribution in [0.15, 0.2) is 41.3 Å². The zero-order valence-electron chi connectivity index (χ0n) is 21.8. The van der Waals surface area contributed by atoms with Crippen molar-refractivity contribution >= 4 is 40.9 Å². The molecule has 0 saturated carbocycles. The van der Waals surface area contributed by atoms with Crippen molar-refractivity contribution in [3.63, 3.8) is 0 Å². The van der Waals surface area contributed by atoms with Gasteiger partial charge in [-0.3, -0.25) is 9.59 Å². The Labute approximate surface area is 233 Å². The van der Waals surface area contributed by atoms with E-state index >= 15 is 0 Å². The summed E-state index contributed by atoms with van der Waals surface area (Å²) in [5, 5.41) is 3.31. The smallest absolute Gasteiger partial charge is 0.251 e. The van der Waals surface area contributed by atoms with Crippen LogP contribution in [0.3, 0.4) is 0 Å². The molecule has 3 aliphatic rings. The number of thioether (sulfide) groups is 1. The van der Waals surface area contributed by atoms with Crippen LogP contribution in [0.25, 0.3) is 0 Å². The van der Waals surface area contributed by atoms with Gasteiger partial charge in [0.05, 0.1) is 18.0 Å². The number of nitrogens with one attached hydrogen (secondary N) is 1. The Bertz CT molecular complexity index is 1130. The van der Waals surface area contributed by atoms with Crippen molar-refractivity contribution in [2.45, 2.75) is 56.0 Å². The van der Waals surface area contributed by atoms with Gasteiger partial charge in [-0.2, -0.15) is 0 Å². The van der Waals surface area contributed by atoms with Crippen molar-refractivity contribution in [1.29, 1.82) is 0 Å². The standard InChI is InChI=1S/C29H36ClFN4O2S/c30-24-6-4-7-25(31)23(24)19-35-26-18-21(8-9-27(26)38-20-28(35)36)29(37)32-12-5-13-33-16-10-22(11-17-33)34-14-2-1-3-15-34/h4,6-9,18,22H,1-3,5,10-17,19-20H2,(H,32,37). The lowest BCUT2D eigenvalue weighted by atomic mass is 10.00. The van der Waals surface area contributed by atoms with E-state index in [0.717, 1.165) is 37.0 Å². The molecule has 0 aliphatic carbocycles. The first-order valence-electron chi connectivity index (χ1n) is 13.7. The van der Waals surface area contributed by atoms with Gasteiger partial charge >= 0.3 is 0 Å². The van der Waals surface area contributed by atoms with Gasteiger partial charge in [-0.05, 0) is 95.2 Å². The van der Waals surface area contributed by atoms with Gasteiger partial charge in [0.25, 0.3) is 5.91 Å². The maximum Gasteiger partial charge on any atom is 0.251 e. The summed E-state index contributed by atoms with van der Waals surface area (Å²) in [6.07, 6.45) is 7.45. The molecular formula is C29H36ClFN4O2S. The Morgan fingerprint density at radius 3 is 2.63 bits per heavy atom. The zero-order chi connectivity index (χ0) is 26.5. The van der Waals surface area contributed by atoms with Crippen LogP contribution in [0.2, 0.25) is 5.02 Å². The first-order chi connectivity index (χ1) is 18.5. The van der Waals surface area contributed by atoms with Crippen LogP contribution in [0.5, 0.6) is 0 Å². The highest BCUT2D eigenvalue weighted by atomic mass is 35.5. The molecule has 2 fully saturated rings. The van der Waals surface area contributed by atoms with Crippen LogP contribution in [0, 0.1) is 5.82 Å². The molecule has 1 N–H and O–H groups in total. The van der Waals surface area contributed by atoms with Crippen molar-refractivity contribution < 1.29 is 14.0 Å². The van der Waals surface area contributed by atoms with Crippen molar-refractivity contribution in [1.82, 2.24) is 15.1 Å². The number of hydrogen-bond acceptors (Lipinski definition) is 5. The summed E-state index contributed by atoms with van der Waals surface area (Å²) in [5.41, 5.74) is 1.39. The Hall–Kier alpha value is -2.13. The highest BCUT2D eigenvalue weighted by Crippen LogP contribution is 2.37. The summed E-state index contributed by atoms with van der Waals surface area (Å²) < 4.78 is 14.4. The van der Waals surface area contributed by atoms with Gasteiger partial charge in [-0.25, -0.2) is 4.39 Å². The van der Waals surface area contributed by atoms with E-state index in [1.165, 1.54) is 67.9 Å². The van der Waals surface area contributed by atoms with E-state index in [9.17, 15) is 14.0 Å². The van der Waals surface area contributed by atoms with Gasteiger partial charge in [0, 0.05) is 33.6 Å². The number of hydrogen-bond donors (Lipinski definition) is 1. The lowest BCUT2D eigenvalue weighted by Gasteiger charge is -2.40. The number of fused-ring (bicyclic) bond motifs is 1. The number of likely N-dealkylation sites (tertiary alicyclic amines) is 2. The minimum absolute atomic E-state index is 0.0252. The maximum atomic E-state index is 14.4. The first kappa shape index (κ1) is 27.4. The highest BCUT2D eigenvalue weighted by molar-refractivity contribution is 8.00. The first-order valence-corrected chi connectivity index (χ1v) is 15.1. The van der Waals surface area contributed by atoms with Crippen molar-refractivity contribution in [3.8, 4) is 0 Å². The molecule has 0 unspecified atom stereocenters. The largest absolute Gasteiger partial charge is 0.352 e. The minimum atomic E-state index is -0.449. The van der Waals surface area contributed by atoms with Crippen LogP contribution in [0.1, 0.15) is 54.4 Å². The summed E-state index contributed by atoms with van der Waals surface area (Å²) in [6.45, 7) is 6.41. The molecule has 3 heterocycles. The lowest BCUT2D eigenvalue weighted by molar-refractivity contribution is -0.116. The average molecular weight is 559 g/mol. The summed E-state index contributed by atoms with van der Waals surface area (Å²) in [7, 11) is 0. The van der Waals surface area contributed by atoms with Gasteiger partial charge in [-0.15, -0.1) is 11.8 Å². The van der Waals surface area contributed by atoms with Crippen molar-refractivity contribution in [2.75, 3.05) is 49.9 Å². The predicted octanol–water partition coefficient (Wildman–Crippen LogP) is 5.19. The average Bonchev–Trinajstić information content (AvgIpc) is 2.94. The summed E-state index contributed by atoms with van der Waals surface area (Å²) in [4.78, 5) is 33.3. The van der Waals surface area contributed by atoms with E-state index < -0.39 is 5.82 Å². The van der Waals surface area contributed by atoms with Gasteiger partial charge in [0.1, 0.15) is 5.82 Å². The Kier molecular flexibility index (Phi) is 9.25. The third-order valence-electron chi connectivity index (χ3n) is 7.94. The van der Waals surface area contributed by atoms with Crippen molar-refractivity contribution in [3.05, 3.63) is 58.4 Å². The third-order valence-corrected chi connectivity index (χ3v) is 9.34. The Morgan fingerprint density at radius 1 is 1.08 bits per heavy atom. The molecule has 2 saturated heterocycles. The molecule has 0 atom stereocenters. The second-order valence-electron chi connectivity index (χ2n) is 10.4. The maximum absolute atomic E-state index is 14.4. The fourth-order valence-corrected chi connectivity index (χ4v) is 6.90.